The van der Waals surface area contributed by atoms with E-state index < -0.39 is 11.6 Å². The number of nitrogens with one attached hydrogen (secondary N) is 1. The molecular formula is C19H11F2N7. The lowest BCUT2D eigenvalue weighted by Crippen LogP contribution is -2.18. The molecule has 0 aliphatic rings. The zero-order chi connectivity index (χ0) is 19.7. The van der Waals surface area contributed by atoms with Crippen LogP contribution in [-0.2, 0) is 0 Å². The van der Waals surface area contributed by atoms with Gasteiger partial charge in [0.15, 0.2) is 16.7 Å². The van der Waals surface area contributed by atoms with Gasteiger partial charge in [0.1, 0.15) is 24.3 Å². The van der Waals surface area contributed by atoms with Crippen molar-refractivity contribution in [1.29, 1.82) is 10.7 Å². The summed E-state index contributed by atoms with van der Waals surface area (Å²) in [6, 6.07) is 12.0. The first-order valence-electron chi connectivity index (χ1n) is 8.06. The zero-order valence-corrected chi connectivity index (χ0v) is 14.2. The van der Waals surface area contributed by atoms with Gasteiger partial charge in [-0.05, 0) is 29.8 Å². The summed E-state index contributed by atoms with van der Waals surface area (Å²) in [6.07, 6.45) is 4.15. The van der Waals surface area contributed by atoms with Gasteiger partial charge in [-0.3, -0.25) is 9.98 Å². The molecular weight excluding hydrogens is 364 g/mol. The molecule has 136 valence electrons. The highest BCUT2D eigenvalue weighted by Gasteiger charge is 2.13. The van der Waals surface area contributed by atoms with Crippen molar-refractivity contribution in [1.82, 2.24) is 19.2 Å². The summed E-state index contributed by atoms with van der Waals surface area (Å²) < 4.78 is 29.8. The second kappa shape index (κ2) is 6.85. The number of hydrogen-bond acceptors (Lipinski definition) is 5. The van der Waals surface area contributed by atoms with Gasteiger partial charge in [0.2, 0.25) is 0 Å². The fourth-order valence-electron chi connectivity index (χ4n) is 2.62. The fourth-order valence-corrected chi connectivity index (χ4v) is 2.62. The molecule has 9 heteroatoms. The second-order valence-electron chi connectivity index (χ2n) is 5.80. The van der Waals surface area contributed by atoms with Crippen LogP contribution in [0.4, 0.5) is 8.78 Å². The number of imidazole rings is 1. The number of nitriles is 1. The molecule has 0 aliphatic carbocycles. The largest absolute Gasteiger partial charge is 0.281 e. The van der Waals surface area contributed by atoms with E-state index in [-0.39, 0.29) is 22.3 Å². The third kappa shape index (κ3) is 3.03. The van der Waals surface area contributed by atoms with Crippen LogP contribution < -0.4 is 5.49 Å². The molecule has 0 radical (unpaired) electrons. The number of fused-ring (bicyclic) bond motifs is 1. The normalized spacial score (nSPS) is 11.2. The van der Waals surface area contributed by atoms with E-state index in [1.54, 1.807) is 24.3 Å². The molecule has 28 heavy (non-hydrogen) atoms. The van der Waals surface area contributed by atoms with Gasteiger partial charge < -0.3 is 0 Å². The Labute approximate surface area is 157 Å². The minimum absolute atomic E-state index is 0.0452. The predicted molar refractivity (Wildman–Crippen MR) is 96.8 cm³/mol. The van der Waals surface area contributed by atoms with Gasteiger partial charge in [0.05, 0.1) is 23.5 Å². The van der Waals surface area contributed by atoms with Crippen molar-refractivity contribution < 1.29 is 8.78 Å². The van der Waals surface area contributed by atoms with Gasteiger partial charge in [-0.15, -0.1) is 0 Å². The summed E-state index contributed by atoms with van der Waals surface area (Å²) in [5.41, 5.74) is 1.77. The monoisotopic (exact) mass is 375 g/mol. The lowest BCUT2D eigenvalue weighted by molar-refractivity contribution is 0.578. The Balaban J connectivity index is 1.73. The lowest BCUT2D eigenvalue weighted by atomic mass is 10.2. The lowest BCUT2D eigenvalue weighted by Gasteiger charge is -2.05. The Morgan fingerprint density at radius 1 is 1.07 bits per heavy atom. The number of hydrogen-bond donors (Lipinski definition) is 1. The SMILES string of the molecule is N#Cc1ccc(C=Nn2cnc3c(ncn3-c3ccc(F)cc3F)c2=N)cc1. The smallest absolute Gasteiger partial charge is 0.177 e. The van der Waals surface area contributed by atoms with Crippen molar-refractivity contribution in [3.05, 3.63) is 83.4 Å². The van der Waals surface area contributed by atoms with Crippen LogP contribution in [0.1, 0.15) is 11.1 Å². The van der Waals surface area contributed by atoms with Crippen molar-refractivity contribution >= 4 is 17.4 Å². The Bertz CT molecular complexity index is 1310. The van der Waals surface area contributed by atoms with E-state index in [9.17, 15) is 8.78 Å². The highest BCUT2D eigenvalue weighted by molar-refractivity contribution is 5.79. The maximum absolute atomic E-state index is 14.1. The Hall–Kier alpha value is -4.19. The maximum atomic E-state index is 14.1. The van der Waals surface area contributed by atoms with Crippen molar-refractivity contribution in [2.24, 2.45) is 5.10 Å². The molecule has 2 aromatic heterocycles. The van der Waals surface area contributed by atoms with Crippen molar-refractivity contribution in [2.75, 3.05) is 0 Å². The van der Waals surface area contributed by atoms with Gasteiger partial charge in [-0.25, -0.2) is 23.4 Å². The third-order valence-corrected chi connectivity index (χ3v) is 4.03. The van der Waals surface area contributed by atoms with E-state index in [1.807, 2.05) is 6.07 Å². The highest BCUT2D eigenvalue weighted by atomic mass is 19.1. The first kappa shape index (κ1) is 17.2. The van der Waals surface area contributed by atoms with Gasteiger partial charge in [-0.2, -0.15) is 10.4 Å². The van der Waals surface area contributed by atoms with E-state index in [0.29, 0.717) is 5.56 Å². The predicted octanol–water partition coefficient (Wildman–Crippen LogP) is 2.73. The number of rotatable bonds is 3. The summed E-state index contributed by atoms with van der Waals surface area (Å²) >= 11 is 0. The molecule has 0 spiro atoms. The van der Waals surface area contributed by atoms with Gasteiger partial charge in [0.25, 0.3) is 0 Å². The summed E-state index contributed by atoms with van der Waals surface area (Å²) in [6.45, 7) is 0. The molecule has 0 saturated heterocycles. The average molecular weight is 375 g/mol. The Morgan fingerprint density at radius 2 is 1.86 bits per heavy atom. The average Bonchev–Trinajstić information content (AvgIpc) is 3.12. The summed E-state index contributed by atoms with van der Waals surface area (Å²) in [5.74, 6) is -1.45. The van der Waals surface area contributed by atoms with Crippen LogP contribution in [0.25, 0.3) is 16.9 Å². The van der Waals surface area contributed by atoms with E-state index in [2.05, 4.69) is 15.1 Å². The number of halogens is 2. The molecule has 0 fully saturated rings. The first-order chi connectivity index (χ1) is 13.6. The van der Waals surface area contributed by atoms with Crippen molar-refractivity contribution in [2.45, 2.75) is 0 Å². The van der Waals surface area contributed by atoms with Crippen molar-refractivity contribution in [3.8, 4) is 11.8 Å². The molecule has 0 bridgehead atoms. The molecule has 0 unspecified atom stereocenters. The molecule has 0 aliphatic heterocycles. The quantitative estimate of drug-likeness (QED) is 0.558. The zero-order valence-electron chi connectivity index (χ0n) is 14.2. The van der Waals surface area contributed by atoms with Crippen LogP contribution in [0.15, 0.2) is 60.2 Å². The highest BCUT2D eigenvalue weighted by Crippen LogP contribution is 2.18. The summed E-state index contributed by atoms with van der Waals surface area (Å²) in [5, 5.41) is 21.3. The van der Waals surface area contributed by atoms with E-state index in [0.717, 1.165) is 17.7 Å². The molecule has 7 nitrogen and oxygen atoms in total. The third-order valence-electron chi connectivity index (χ3n) is 4.03. The van der Waals surface area contributed by atoms with E-state index in [4.69, 9.17) is 10.7 Å². The maximum Gasteiger partial charge on any atom is 0.177 e. The molecule has 4 aromatic rings. The minimum Gasteiger partial charge on any atom is -0.281 e. The van der Waals surface area contributed by atoms with Crippen LogP contribution in [0, 0.1) is 28.4 Å². The minimum atomic E-state index is -0.761. The van der Waals surface area contributed by atoms with Crippen molar-refractivity contribution in [3.63, 3.8) is 0 Å². The first-order valence-corrected chi connectivity index (χ1v) is 8.06. The second-order valence-corrected chi connectivity index (χ2v) is 5.80. The summed E-state index contributed by atoms with van der Waals surface area (Å²) in [7, 11) is 0. The molecule has 4 rings (SSSR count). The van der Waals surface area contributed by atoms with Crippen LogP contribution in [0.3, 0.4) is 0 Å². The molecule has 2 heterocycles. The molecule has 0 saturated carbocycles. The van der Waals surface area contributed by atoms with Gasteiger partial charge >= 0.3 is 0 Å². The number of benzene rings is 2. The van der Waals surface area contributed by atoms with Crippen LogP contribution in [0.2, 0.25) is 0 Å². The van der Waals surface area contributed by atoms with Crippen LogP contribution in [0.5, 0.6) is 0 Å². The molecule has 0 atom stereocenters. The van der Waals surface area contributed by atoms with E-state index in [1.165, 1.54) is 34.2 Å². The number of aromatic nitrogens is 4. The molecule has 1 N–H and O–H groups in total. The Morgan fingerprint density at radius 3 is 2.57 bits per heavy atom. The van der Waals surface area contributed by atoms with Crippen LogP contribution >= 0.6 is 0 Å². The molecule has 0 amide bonds. The topological polar surface area (TPSA) is 95.6 Å². The fraction of sp³-hybridized carbons (Fsp3) is 0. The molecule has 2 aromatic carbocycles. The Kier molecular flexibility index (Phi) is 4.21. The van der Waals surface area contributed by atoms with Gasteiger partial charge in [-0.1, -0.05) is 12.1 Å². The number of nitrogens with zero attached hydrogens (tertiary/aromatic N) is 6. The standard InChI is InChI=1S/C19H11F2N7/c20-14-5-6-16(15(21)7-14)27-10-24-17-18(23)28(11-25-19(17)27)26-9-13-3-1-12(8-22)2-4-13/h1-7,9-11,23H. The van der Waals surface area contributed by atoms with E-state index >= 15 is 0 Å². The van der Waals surface area contributed by atoms with Gasteiger partial charge in [0, 0.05) is 6.07 Å². The van der Waals surface area contributed by atoms with Crippen LogP contribution in [-0.4, -0.2) is 25.4 Å². The summed E-state index contributed by atoms with van der Waals surface area (Å²) in [4.78, 5) is 8.33.